The SMILES string of the molecule is Cc1cc(C2=C(C(=O)[O-])N3C(=O)[C@@H]([C@@H](C)O)[C@H]3C2)ccc1OC(N)=O.[Na+]. The van der Waals surface area contributed by atoms with E-state index in [1.165, 1.54) is 17.9 Å². The summed E-state index contributed by atoms with van der Waals surface area (Å²) in [5, 5.41) is 21.3. The molecular weight excluding hydrogens is 351 g/mol. The number of primary amides is 1. The number of rotatable bonds is 4. The predicted octanol–water partition coefficient (Wildman–Crippen LogP) is -3.47. The van der Waals surface area contributed by atoms with E-state index in [2.05, 4.69) is 0 Å². The summed E-state index contributed by atoms with van der Waals surface area (Å²) in [5.41, 5.74) is 6.45. The smallest absolute Gasteiger partial charge is 0.543 e. The van der Waals surface area contributed by atoms with Crippen LogP contribution in [0.2, 0.25) is 0 Å². The first-order valence-electron chi connectivity index (χ1n) is 7.76. The Labute approximate surface area is 171 Å². The number of carbonyl (C=O) groups excluding carboxylic acids is 3. The third kappa shape index (κ3) is 3.25. The third-order valence-corrected chi connectivity index (χ3v) is 4.66. The van der Waals surface area contributed by atoms with Gasteiger partial charge in [0.1, 0.15) is 5.75 Å². The minimum atomic E-state index is -1.44. The van der Waals surface area contributed by atoms with E-state index >= 15 is 0 Å². The van der Waals surface area contributed by atoms with Crippen LogP contribution in [-0.2, 0) is 9.59 Å². The number of carbonyl (C=O) groups is 3. The summed E-state index contributed by atoms with van der Waals surface area (Å²) in [7, 11) is 0. The molecule has 132 valence electrons. The number of benzene rings is 1. The standard InChI is InChI=1S/C17H18N2O6.Na/c1-7-5-9(3-4-12(7)25-17(18)24)10-6-11-13(8(2)20)15(21)19(11)14(10)16(22)23;/h3-5,8,11,13,20H,6H2,1-2H3,(H2,18,24)(H,22,23);/q;+1/p-1/t8-,11-,13+;/m1./s1. The van der Waals surface area contributed by atoms with E-state index in [0.717, 1.165) is 0 Å². The Hall–Kier alpha value is -1.87. The molecule has 9 heteroatoms. The summed E-state index contributed by atoms with van der Waals surface area (Å²) in [5.74, 6) is -2.21. The van der Waals surface area contributed by atoms with E-state index in [1.807, 2.05) is 0 Å². The largest absolute Gasteiger partial charge is 1.00 e. The number of fused-ring (bicyclic) bond motifs is 1. The van der Waals surface area contributed by atoms with Gasteiger partial charge in [-0.25, -0.2) is 4.79 Å². The molecule has 3 atom stereocenters. The van der Waals surface area contributed by atoms with Gasteiger partial charge in [-0.2, -0.15) is 0 Å². The van der Waals surface area contributed by atoms with Crippen LogP contribution < -0.4 is 45.1 Å². The van der Waals surface area contributed by atoms with E-state index in [-0.39, 0.29) is 41.0 Å². The molecule has 26 heavy (non-hydrogen) atoms. The molecule has 3 rings (SSSR count). The number of carboxylic acids is 1. The first-order valence-corrected chi connectivity index (χ1v) is 7.76. The van der Waals surface area contributed by atoms with Gasteiger partial charge in [0, 0.05) is 0 Å². The molecular formula is C17H17N2NaO6. The Morgan fingerprint density at radius 1 is 1.42 bits per heavy atom. The zero-order valence-electron chi connectivity index (χ0n) is 14.7. The third-order valence-electron chi connectivity index (χ3n) is 4.66. The van der Waals surface area contributed by atoms with E-state index in [0.29, 0.717) is 23.1 Å². The first kappa shape index (κ1) is 20.4. The van der Waals surface area contributed by atoms with E-state index in [9.17, 15) is 24.6 Å². The van der Waals surface area contributed by atoms with Gasteiger partial charge in [-0.15, -0.1) is 0 Å². The number of amides is 2. The van der Waals surface area contributed by atoms with Gasteiger partial charge in [-0.05, 0) is 49.1 Å². The van der Waals surface area contributed by atoms with Crippen molar-refractivity contribution in [1.29, 1.82) is 0 Å². The molecule has 2 aliphatic heterocycles. The van der Waals surface area contributed by atoms with E-state index < -0.39 is 36.0 Å². The van der Waals surface area contributed by atoms with Crippen LogP contribution >= 0.6 is 0 Å². The number of ether oxygens (including phenoxy) is 1. The topological polar surface area (TPSA) is 133 Å². The normalized spacial score (nSPS) is 22.3. The molecule has 1 aromatic carbocycles. The van der Waals surface area contributed by atoms with Crippen molar-refractivity contribution in [2.45, 2.75) is 32.4 Å². The van der Waals surface area contributed by atoms with Crippen molar-refractivity contribution in [2.24, 2.45) is 11.7 Å². The fraction of sp³-hybridized carbons (Fsp3) is 0.353. The fourth-order valence-electron chi connectivity index (χ4n) is 3.58. The molecule has 0 aromatic heterocycles. The molecule has 0 aliphatic carbocycles. The number of hydrogen-bond donors (Lipinski definition) is 2. The second-order valence-electron chi connectivity index (χ2n) is 6.26. The summed E-state index contributed by atoms with van der Waals surface area (Å²) in [6.07, 6.45) is -1.50. The number of nitrogens with two attached hydrogens (primary N) is 1. The monoisotopic (exact) mass is 368 g/mol. The molecule has 2 heterocycles. The van der Waals surface area contributed by atoms with Crippen LogP contribution in [0.15, 0.2) is 23.9 Å². The van der Waals surface area contributed by atoms with E-state index in [4.69, 9.17) is 10.5 Å². The Morgan fingerprint density at radius 3 is 2.58 bits per heavy atom. The molecule has 2 aliphatic rings. The second-order valence-corrected chi connectivity index (χ2v) is 6.26. The number of carboxylic acid groups (broad SMARTS) is 1. The summed E-state index contributed by atoms with van der Waals surface area (Å²) in [6, 6.07) is 4.37. The zero-order valence-corrected chi connectivity index (χ0v) is 16.7. The zero-order chi connectivity index (χ0) is 18.5. The van der Waals surface area contributed by atoms with Crippen LogP contribution in [0.25, 0.3) is 5.57 Å². The van der Waals surface area contributed by atoms with E-state index in [1.54, 1.807) is 19.1 Å². The molecule has 0 bridgehead atoms. The maximum atomic E-state index is 12.2. The summed E-state index contributed by atoms with van der Waals surface area (Å²) in [4.78, 5) is 35.8. The first-order chi connectivity index (χ1) is 11.7. The van der Waals surface area contributed by atoms with Crippen molar-refractivity contribution >= 4 is 23.5 Å². The number of aryl methyl sites for hydroxylation is 1. The molecule has 0 spiro atoms. The molecule has 1 aromatic rings. The Balaban J connectivity index is 0.00000243. The van der Waals surface area contributed by atoms with Crippen LogP contribution in [0.3, 0.4) is 0 Å². The van der Waals surface area contributed by atoms with Crippen molar-refractivity contribution < 1.29 is 58.9 Å². The van der Waals surface area contributed by atoms with Gasteiger partial charge in [-0.3, -0.25) is 4.79 Å². The van der Waals surface area contributed by atoms with Crippen molar-refractivity contribution in [2.75, 3.05) is 0 Å². The minimum Gasteiger partial charge on any atom is -0.543 e. The average Bonchev–Trinajstić information content (AvgIpc) is 2.83. The Bertz CT molecular complexity index is 819. The molecule has 1 fully saturated rings. The number of aliphatic hydroxyl groups is 1. The van der Waals surface area contributed by atoms with Gasteiger partial charge < -0.3 is 30.4 Å². The summed E-state index contributed by atoms with van der Waals surface area (Å²) < 4.78 is 4.85. The van der Waals surface area contributed by atoms with Gasteiger partial charge >= 0.3 is 35.7 Å². The Kier molecular flexibility index (Phi) is 5.82. The number of hydrogen-bond acceptors (Lipinski definition) is 6. The van der Waals surface area contributed by atoms with Crippen molar-refractivity contribution in [3.05, 3.63) is 35.0 Å². The van der Waals surface area contributed by atoms with Gasteiger partial charge in [-0.1, -0.05) is 6.07 Å². The molecule has 0 radical (unpaired) electrons. The maximum absolute atomic E-state index is 12.2. The second kappa shape index (κ2) is 7.40. The summed E-state index contributed by atoms with van der Waals surface area (Å²) in [6.45, 7) is 3.20. The average molecular weight is 368 g/mol. The van der Waals surface area contributed by atoms with Gasteiger partial charge in [0.15, 0.2) is 0 Å². The number of β-lactam (4-membered cyclic amide) rings is 1. The minimum absolute atomic E-state index is 0. The van der Waals surface area contributed by atoms with Crippen molar-refractivity contribution in [3.8, 4) is 5.75 Å². The summed E-state index contributed by atoms with van der Waals surface area (Å²) >= 11 is 0. The van der Waals surface area contributed by atoms with Crippen LogP contribution in [-0.4, -0.2) is 40.1 Å². The number of aliphatic hydroxyl groups excluding tert-OH is 1. The molecule has 3 N–H and O–H groups in total. The van der Waals surface area contributed by atoms with Gasteiger partial charge in [0.05, 0.1) is 29.7 Å². The quantitative estimate of drug-likeness (QED) is 0.419. The van der Waals surface area contributed by atoms with Crippen LogP contribution in [0.5, 0.6) is 5.75 Å². The molecule has 2 amide bonds. The van der Waals surface area contributed by atoms with Crippen LogP contribution in [0.4, 0.5) is 4.79 Å². The van der Waals surface area contributed by atoms with Crippen LogP contribution in [0.1, 0.15) is 24.5 Å². The van der Waals surface area contributed by atoms with Crippen molar-refractivity contribution in [1.82, 2.24) is 4.90 Å². The number of aliphatic carboxylic acids is 1. The van der Waals surface area contributed by atoms with Gasteiger partial charge in [0.2, 0.25) is 5.91 Å². The van der Waals surface area contributed by atoms with Crippen LogP contribution in [0, 0.1) is 12.8 Å². The van der Waals surface area contributed by atoms with Crippen molar-refractivity contribution in [3.63, 3.8) is 0 Å². The molecule has 0 unspecified atom stereocenters. The molecule has 0 saturated carbocycles. The number of nitrogens with zero attached hydrogens (tertiary/aromatic N) is 1. The predicted molar refractivity (Wildman–Crippen MR) is 83.7 cm³/mol. The fourth-order valence-corrected chi connectivity index (χ4v) is 3.58. The maximum Gasteiger partial charge on any atom is 1.00 e. The Morgan fingerprint density at radius 2 is 2.08 bits per heavy atom. The van der Waals surface area contributed by atoms with Gasteiger partial charge in [0.25, 0.3) is 0 Å². The molecule has 8 nitrogen and oxygen atoms in total. The molecule has 1 saturated heterocycles.